The molecule has 132 valence electrons. The van der Waals surface area contributed by atoms with Crippen LogP contribution in [0.4, 0.5) is 0 Å². The molecule has 0 atom stereocenters. The number of hydrogen-bond acceptors (Lipinski definition) is 6. The Morgan fingerprint density at radius 3 is 2.76 bits per heavy atom. The van der Waals surface area contributed by atoms with Gasteiger partial charge in [-0.1, -0.05) is 17.3 Å². The number of rotatable bonds is 5. The van der Waals surface area contributed by atoms with Crippen LogP contribution >= 0.6 is 0 Å². The summed E-state index contributed by atoms with van der Waals surface area (Å²) in [6.07, 6.45) is 3.00. The van der Waals surface area contributed by atoms with Crippen LogP contribution in [0.25, 0.3) is 11.5 Å². The number of hydrogen-bond donors (Lipinski definition) is 1. The van der Waals surface area contributed by atoms with E-state index in [1.165, 1.54) is 0 Å². The molecule has 4 rings (SSSR count). The zero-order valence-electron chi connectivity index (χ0n) is 14.3. The first-order valence-corrected chi connectivity index (χ1v) is 8.66. The largest absolute Gasteiger partial charge is 0.370 e. The molecule has 0 unspecified atom stereocenters. The highest BCUT2D eigenvalue weighted by Gasteiger charge is 2.43. The molecular weight excluding hydrogens is 320 g/mol. The minimum absolute atomic E-state index is 0.0873. The topological polar surface area (TPSA) is 80.5 Å². The Labute approximate surface area is 146 Å². The maximum absolute atomic E-state index is 11.4. The molecule has 7 nitrogen and oxygen atoms in total. The average molecular weight is 342 g/mol. The van der Waals surface area contributed by atoms with Crippen molar-refractivity contribution in [2.24, 2.45) is 0 Å². The minimum atomic E-state index is -0.365. The molecule has 1 aliphatic carbocycles. The van der Waals surface area contributed by atoms with Gasteiger partial charge in [-0.25, -0.2) is 0 Å². The summed E-state index contributed by atoms with van der Waals surface area (Å²) in [7, 11) is 1.70. The molecule has 2 heterocycles. The van der Waals surface area contributed by atoms with E-state index in [1.807, 2.05) is 24.3 Å². The smallest absolute Gasteiger partial charge is 0.258 e. The van der Waals surface area contributed by atoms with E-state index in [-0.39, 0.29) is 11.5 Å². The number of ether oxygens (including phenoxy) is 1. The number of methoxy groups -OCH3 is 1. The summed E-state index contributed by atoms with van der Waals surface area (Å²) in [4.78, 5) is 18.1. The molecule has 1 aromatic carbocycles. The molecule has 1 aromatic heterocycles. The normalized spacial score (nSPS) is 20.1. The van der Waals surface area contributed by atoms with Crippen molar-refractivity contribution >= 4 is 5.91 Å². The zero-order chi connectivity index (χ0) is 17.3. The van der Waals surface area contributed by atoms with Gasteiger partial charge >= 0.3 is 0 Å². The van der Waals surface area contributed by atoms with E-state index in [4.69, 9.17) is 9.26 Å². The number of benzene rings is 1. The van der Waals surface area contributed by atoms with Gasteiger partial charge in [-0.3, -0.25) is 9.69 Å². The summed E-state index contributed by atoms with van der Waals surface area (Å²) in [6, 6.07) is 8.05. The quantitative estimate of drug-likeness (QED) is 0.891. The van der Waals surface area contributed by atoms with Crippen molar-refractivity contribution in [3.8, 4) is 11.5 Å². The standard InChI is InChI=1S/C18H22N4O3/c1-24-18(7-2-8-18)17-20-16(25-21-17)14-5-3-13(4-6-14)11-22-10-9-19-15(23)12-22/h3-6H,2,7-12H2,1H3,(H,19,23). The van der Waals surface area contributed by atoms with Crippen LogP contribution in [-0.4, -0.2) is 47.7 Å². The molecule has 1 amide bonds. The van der Waals surface area contributed by atoms with Crippen molar-refractivity contribution < 1.29 is 14.1 Å². The second kappa shape index (κ2) is 6.57. The first-order valence-electron chi connectivity index (χ1n) is 8.66. The average Bonchev–Trinajstić information content (AvgIpc) is 3.05. The van der Waals surface area contributed by atoms with Crippen LogP contribution < -0.4 is 5.32 Å². The molecule has 1 N–H and O–H groups in total. The summed E-state index contributed by atoms with van der Waals surface area (Å²) in [6.45, 7) is 2.80. The van der Waals surface area contributed by atoms with E-state index in [1.54, 1.807) is 7.11 Å². The zero-order valence-corrected chi connectivity index (χ0v) is 14.3. The fourth-order valence-electron chi connectivity index (χ4n) is 3.38. The highest BCUT2D eigenvalue weighted by molar-refractivity contribution is 5.78. The lowest BCUT2D eigenvalue weighted by atomic mass is 9.79. The molecule has 1 saturated heterocycles. The summed E-state index contributed by atoms with van der Waals surface area (Å²) in [5.74, 6) is 1.24. The Morgan fingerprint density at radius 1 is 1.32 bits per heavy atom. The number of carbonyl (C=O) groups excluding carboxylic acids is 1. The molecule has 1 aliphatic heterocycles. The van der Waals surface area contributed by atoms with E-state index in [0.29, 0.717) is 24.8 Å². The number of nitrogens with one attached hydrogen (secondary N) is 1. The summed E-state index contributed by atoms with van der Waals surface area (Å²) < 4.78 is 11.0. The molecular formula is C18H22N4O3. The second-order valence-corrected chi connectivity index (χ2v) is 6.73. The van der Waals surface area contributed by atoms with E-state index in [2.05, 4.69) is 20.4 Å². The number of nitrogens with zero attached hydrogens (tertiary/aromatic N) is 3. The van der Waals surface area contributed by atoms with Crippen LogP contribution in [0, 0.1) is 0 Å². The van der Waals surface area contributed by atoms with Gasteiger partial charge in [-0.15, -0.1) is 0 Å². The van der Waals surface area contributed by atoms with Gasteiger partial charge in [-0.2, -0.15) is 4.98 Å². The molecule has 2 aliphatic rings. The summed E-state index contributed by atoms with van der Waals surface area (Å²) >= 11 is 0. The number of aromatic nitrogens is 2. The third-order valence-corrected chi connectivity index (χ3v) is 5.11. The van der Waals surface area contributed by atoms with Gasteiger partial charge < -0.3 is 14.6 Å². The van der Waals surface area contributed by atoms with Crippen molar-refractivity contribution in [2.75, 3.05) is 26.7 Å². The SMILES string of the molecule is COC1(c2noc(-c3ccc(CN4CCNC(=O)C4)cc3)n2)CCC1. The van der Waals surface area contributed by atoms with E-state index < -0.39 is 0 Å². The Balaban J connectivity index is 1.45. The van der Waals surface area contributed by atoms with Gasteiger partial charge in [0.15, 0.2) is 0 Å². The second-order valence-electron chi connectivity index (χ2n) is 6.73. The summed E-state index contributed by atoms with van der Waals surface area (Å²) in [5.41, 5.74) is 1.69. The fraction of sp³-hybridized carbons (Fsp3) is 0.500. The number of amides is 1. The van der Waals surface area contributed by atoms with Gasteiger partial charge in [0.25, 0.3) is 5.89 Å². The van der Waals surface area contributed by atoms with E-state index >= 15 is 0 Å². The Hall–Kier alpha value is -2.25. The van der Waals surface area contributed by atoms with E-state index in [9.17, 15) is 4.79 Å². The van der Waals surface area contributed by atoms with E-state index in [0.717, 1.165) is 43.5 Å². The van der Waals surface area contributed by atoms with Gasteiger partial charge in [-0.05, 0) is 37.0 Å². The van der Waals surface area contributed by atoms with Crippen LogP contribution in [0.1, 0.15) is 30.7 Å². The predicted octanol–water partition coefficient (Wildman–Crippen LogP) is 1.69. The maximum atomic E-state index is 11.4. The highest BCUT2D eigenvalue weighted by Crippen LogP contribution is 2.43. The molecule has 0 spiro atoms. The number of carbonyl (C=O) groups is 1. The highest BCUT2D eigenvalue weighted by atomic mass is 16.5. The lowest BCUT2D eigenvalue weighted by molar-refractivity contribution is -0.124. The number of piperazine rings is 1. The minimum Gasteiger partial charge on any atom is -0.370 e. The maximum Gasteiger partial charge on any atom is 0.258 e. The first-order chi connectivity index (χ1) is 12.2. The lowest BCUT2D eigenvalue weighted by Crippen LogP contribution is -2.47. The van der Waals surface area contributed by atoms with Crippen LogP contribution in [-0.2, 0) is 21.7 Å². The van der Waals surface area contributed by atoms with Gasteiger partial charge in [0, 0.05) is 32.3 Å². The van der Waals surface area contributed by atoms with Crippen LogP contribution in [0.3, 0.4) is 0 Å². The Bertz CT molecular complexity index is 746. The van der Waals surface area contributed by atoms with Crippen molar-refractivity contribution in [3.05, 3.63) is 35.7 Å². The van der Waals surface area contributed by atoms with Crippen LogP contribution in [0.15, 0.2) is 28.8 Å². The summed E-state index contributed by atoms with van der Waals surface area (Å²) in [5, 5.41) is 6.96. The van der Waals surface area contributed by atoms with Crippen molar-refractivity contribution in [1.29, 1.82) is 0 Å². The molecule has 7 heteroatoms. The fourth-order valence-corrected chi connectivity index (χ4v) is 3.38. The Morgan fingerprint density at radius 2 is 2.12 bits per heavy atom. The van der Waals surface area contributed by atoms with Crippen molar-refractivity contribution in [2.45, 2.75) is 31.4 Å². The van der Waals surface area contributed by atoms with Gasteiger partial charge in [0.05, 0.1) is 6.54 Å². The van der Waals surface area contributed by atoms with Crippen LogP contribution in [0.5, 0.6) is 0 Å². The lowest BCUT2D eigenvalue weighted by Gasteiger charge is -2.37. The van der Waals surface area contributed by atoms with Gasteiger partial charge in [0.2, 0.25) is 11.7 Å². The predicted molar refractivity (Wildman–Crippen MR) is 90.6 cm³/mol. The van der Waals surface area contributed by atoms with Crippen LogP contribution in [0.2, 0.25) is 0 Å². The molecule has 25 heavy (non-hydrogen) atoms. The molecule has 0 radical (unpaired) electrons. The van der Waals surface area contributed by atoms with Gasteiger partial charge in [0.1, 0.15) is 5.60 Å². The monoisotopic (exact) mass is 342 g/mol. The molecule has 1 saturated carbocycles. The first kappa shape index (κ1) is 16.2. The molecule has 2 aromatic rings. The third kappa shape index (κ3) is 3.17. The van der Waals surface area contributed by atoms with Crippen molar-refractivity contribution in [1.82, 2.24) is 20.4 Å². The molecule has 0 bridgehead atoms. The molecule has 2 fully saturated rings. The third-order valence-electron chi connectivity index (χ3n) is 5.11. The van der Waals surface area contributed by atoms with Crippen molar-refractivity contribution in [3.63, 3.8) is 0 Å². The Kier molecular flexibility index (Phi) is 4.27.